The van der Waals surface area contributed by atoms with Gasteiger partial charge in [0.15, 0.2) is 5.78 Å². The first-order valence-electron chi connectivity index (χ1n) is 8.76. The number of carbonyl (C=O) groups excluding carboxylic acids is 1. The number of hydrogen-bond donors (Lipinski definition) is 1. The van der Waals surface area contributed by atoms with Crippen LogP contribution in [0.1, 0.15) is 41.9 Å². The topological polar surface area (TPSA) is 42.0 Å². The molecule has 0 bridgehead atoms. The molecular weight excluding hydrogens is 308 g/mol. The Hall–Kier alpha value is -2.68. The molecule has 25 heavy (non-hydrogen) atoms. The number of hydrogen-bond acceptors (Lipinski definition) is 3. The fraction of sp³-hybridized carbons (Fsp3) is 0.273. The van der Waals surface area contributed by atoms with Crippen molar-refractivity contribution in [3.63, 3.8) is 0 Å². The summed E-state index contributed by atoms with van der Waals surface area (Å²) in [4.78, 5) is 17.7. The molecule has 126 valence electrons. The summed E-state index contributed by atoms with van der Waals surface area (Å²) in [6, 6.07) is 18.3. The standard InChI is InChI=1S/C22H22N2O/c1-22(2)12-18-20(19(25)13-22)21(16-10-6-7-11-17(16)24-18)23-14-15-8-4-3-5-9-15/h3-11H,12-14H2,1-2H3,(H,23,24). The van der Waals surface area contributed by atoms with Crippen molar-refractivity contribution in [1.29, 1.82) is 0 Å². The Morgan fingerprint density at radius 1 is 1.00 bits per heavy atom. The predicted molar refractivity (Wildman–Crippen MR) is 102 cm³/mol. The Bertz CT molecular complexity index is 945. The largest absolute Gasteiger partial charge is 0.380 e. The molecule has 3 aromatic rings. The van der Waals surface area contributed by atoms with Gasteiger partial charge >= 0.3 is 0 Å². The summed E-state index contributed by atoms with van der Waals surface area (Å²) < 4.78 is 0. The maximum absolute atomic E-state index is 12.9. The number of aromatic nitrogens is 1. The second kappa shape index (κ2) is 5.99. The summed E-state index contributed by atoms with van der Waals surface area (Å²) in [6.45, 7) is 4.97. The van der Waals surface area contributed by atoms with Crippen molar-refractivity contribution < 1.29 is 4.79 Å². The molecule has 0 unspecified atom stereocenters. The third kappa shape index (κ3) is 3.02. The molecule has 1 aliphatic rings. The highest BCUT2D eigenvalue weighted by Crippen LogP contribution is 2.39. The first kappa shape index (κ1) is 15.8. The highest BCUT2D eigenvalue weighted by atomic mass is 16.1. The molecule has 0 spiro atoms. The monoisotopic (exact) mass is 330 g/mol. The number of rotatable bonds is 3. The first-order chi connectivity index (χ1) is 12.0. The third-order valence-electron chi connectivity index (χ3n) is 4.84. The lowest BCUT2D eigenvalue weighted by Gasteiger charge is -2.31. The van der Waals surface area contributed by atoms with Crippen molar-refractivity contribution in [1.82, 2.24) is 4.98 Å². The van der Waals surface area contributed by atoms with Gasteiger partial charge in [-0.15, -0.1) is 0 Å². The van der Waals surface area contributed by atoms with E-state index in [4.69, 9.17) is 4.98 Å². The number of ketones is 1. The van der Waals surface area contributed by atoms with E-state index in [0.717, 1.165) is 34.3 Å². The molecule has 0 aliphatic heterocycles. The van der Waals surface area contributed by atoms with Crippen LogP contribution in [0, 0.1) is 5.41 Å². The van der Waals surface area contributed by atoms with Gasteiger partial charge in [0.1, 0.15) is 0 Å². The van der Waals surface area contributed by atoms with Gasteiger partial charge in [-0.2, -0.15) is 0 Å². The van der Waals surface area contributed by atoms with E-state index in [0.29, 0.717) is 13.0 Å². The zero-order valence-electron chi connectivity index (χ0n) is 14.7. The number of nitrogens with one attached hydrogen (secondary N) is 1. The SMILES string of the molecule is CC1(C)CC(=O)c2c(nc3ccccc3c2NCc2ccccc2)C1. The molecule has 4 rings (SSSR count). The van der Waals surface area contributed by atoms with Crippen LogP contribution in [0.15, 0.2) is 54.6 Å². The maximum Gasteiger partial charge on any atom is 0.167 e. The molecule has 1 N–H and O–H groups in total. The van der Waals surface area contributed by atoms with Crippen LogP contribution in [0.3, 0.4) is 0 Å². The van der Waals surface area contributed by atoms with Crippen molar-refractivity contribution in [3.8, 4) is 0 Å². The van der Waals surface area contributed by atoms with Crippen LogP contribution in [0.4, 0.5) is 5.69 Å². The summed E-state index contributed by atoms with van der Waals surface area (Å²) >= 11 is 0. The molecular formula is C22H22N2O. The molecule has 3 nitrogen and oxygen atoms in total. The van der Waals surface area contributed by atoms with E-state index in [-0.39, 0.29) is 11.2 Å². The minimum absolute atomic E-state index is 0.0315. The highest BCUT2D eigenvalue weighted by molar-refractivity contribution is 6.10. The quantitative estimate of drug-likeness (QED) is 0.734. The Labute approximate surface area is 148 Å². The lowest BCUT2D eigenvalue weighted by molar-refractivity contribution is 0.0911. The van der Waals surface area contributed by atoms with Gasteiger partial charge in [-0.25, -0.2) is 0 Å². The van der Waals surface area contributed by atoms with Crippen molar-refractivity contribution >= 4 is 22.4 Å². The number of anilines is 1. The minimum atomic E-state index is -0.0315. The van der Waals surface area contributed by atoms with Crippen LogP contribution in [0.2, 0.25) is 0 Å². The molecule has 0 saturated heterocycles. The van der Waals surface area contributed by atoms with E-state index < -0.39 is 0 Å². The average molecular weight is 330 g/mol. The minimum Gasteiger partial charge on any atom is -0.380 e. The molecule has 1 heterocycles. The number of fused-ring (bicyclic) bond motifs is 2. The Morgan fingerprint density at radius 3 is 2.52 bits per heavy atom. The smallest absolute Gasteiger partial charge is 0.167 e. The molecule has 0 saturated carbocycles. The van der Waals surface area contributed by atoms with Gasteiger partial charge in [-0.05, 0) is 23.5 Å². The first-order valence-corrected chi connectivity index (χ1v) is 8.76. The number of benzene rings is 2. The Morgan fingerprint density at radius 2 is 1.72 bits per heavy atom. The molecule has 0 radical (unpaired) electrons. The number of carbonyl (C=O) groups is 1. The maximum atomic E-state index is 12.9. The van der Waals surface area contributed by atoms with E-state index in [2.05, 4.69) is 31.3 Å². The van der Waals surface area contributed by atoms with Crippen LogP contribution >= 0.6 is 0 Å². The second-order valence-corrected chi connectivity index (χ2v) is 7.61. The van der Waals surface area contributed by atoms with Crippen molar-refractivity contribution in [2.24, 2.45) is 5.41 Å². The van der Waals surface area contributed by atoms with E-state index in [1.54, 1.807) is 0 Å². The van der Waals surface area contributed by atoms with Gasteiger partial charge in [0.2, 0.25) is 0 Å². The highest BCUT2D eigenvalue weighted by Gasteiger charge is 2.34. The molecule has 0 fully saturated rings. The van der Waals surface area contributed by atoms with Crippen molar-refractivity contribution in [2.75, 3.05) is 5.32 Å². The van der Waals surface area contributed by atoms with E-state index >= 15 is 0 Å². The number of pyridine rings is 1. The molecule has 3 heteroatoms. The normalized spacial score (nSPS) is 15.8. The number of Topliss-reactive ketones (excluding diaryl/α,β-unsaturated/α-hetero) is 1. The fourth-order valence-corrected chi connectivity index (χ4v) is 3.70. The summed E-state index contributed by atoms with van der Waals surface area (Å²) in [5.41, 5.74) is 4.76. The van der Waals surface area contributed by atoms with Gasteiger partial charge in [-0.3, -0.25) is 9.78 Å². The zero-order chi connectivity index (χ0) is 17.4. The Kier molecular flexibility index (Phi) is 3.79. The van der Waals surface area contributed by atoms with Gasteiger partial charge in [0.05, 0.1) is 22.5 Å². The predicted octanol–water partition coefficient (Wildman–Crippen LogP) is 5.00. The van der Waals surface area contributed by atoms with Crippen molar-refractivity contribution in [3.05, 3.63) is 71.4 Å². The van der Waals surface area contributed by atoms with Crippen molar-refractivity contribution in [2.45, 2.75) is 33.2 Å². The lowest BCUT2D eigenvalue weighted by Crippen LogP contribution is -2.29. The summed E-state index contributed by atoms with van der Waals surface area (Å²) in [7, 11) is 0. The summed E-state index contributed by atoms with van der Waals surface area (Å²) in [5, 5.41) is 4.55. The van der Waals surface area contributed by atoms with Gasteiger partial charge in [-0.1, -0.05) is 62.4 Å². The molecule has 1 aliphatic carbocycles. The van der Waals surface area contributed by atoms with Crippen LogP contribution in [-0.4, -0.2) is 10.8 Å². The van der Waals surface area contributed by atoms with E-state index in [1.807, 2.05) is 42.5 Å². The zero-order valence-corrected chi connectivity index (χ0v) is 14.7. The molecule has 0 atom stereocenters. The van der Waals surface area contributed by atoms with E-state index in [9.17, 15) is 4.79 Å². The fourth-order valence-electron chi connectivity index (χ4n) is 3.70. The molecule has 0 amide bonds. The van der Waals surface area contributed by atoms with Crippen LogP contribution in [-0.2, 0) is 13.0 Å². The molecule has 2 aromatic carbocycles. The van der Waals surface area contributed by atoms with Gasteiger partial charge in [0.25, 0.3) is 0 Å². The number of para-hydroxylation sites is 1. The Balaban J connectivity index is 1.83. The number of nitrogens with zero attached hydrogens (tertiary/aromatic N) is 1. The van der Waals surface area contributed by atoms with Crippen LogP contribution in [0.5, 0.6) is 0 Å². The second-order valence-electron chi connectivity index (χ2n) is 7.61. The van der Waals surface area contributed by atoms with Gasteiger partial charge in [0, 0.05) is 18.4 Å². The third-order valence-corrected chi connectivity index (χ3v) is 4.84. The summed E-state index contributed by atoms with van der Waals surface area (Å²) in [5.74, 6) is 0.195. The molecule has 1 aromatic heterocycles. The summed E-state index contributed by atoms with van der Waals surface area (Å²) in [6.07, 6.45) is 1.40. The van der Waals surface area contributed by atoms with Crippen LogP contribution < -0.4 is 5.32 Å². The lowest BCUT2D eigenvalue weighted by atomic mass is 9.75. The van der Waals surface area contributed by atoms with Gasteiger partial charge < -0.3 is 5.32 Å². The average Bonchev–Trinajstić information content (AvgIpc) is 2.58. The van der Waals surface area contributed by atoms with E-state index in [1.165, 1.54) is 5.56 Å². The van der Waals surface area contributed by atoms with Crippen LogP contribution in [0.25, 0.3) is 10.9 Å².